The van der Waals surface area contributed by atoms with Crippen molar-refractivity contribution < 1.29 is 38.1 Å². The van der Waals surface area contributed by atoms with E-state index in [4.69, 9.17) is 18.9 Å². The van der Waals surface area contributed by atoms with Crippen LogP contribution in [0, 0.1) is 11.8 Å². The molecule has 0 aliphatic rings. The van der Waals surface area contributed by atoms with Crippen molar-refractivity contribution in [3.05, 3.63) is 0 Å². The molecule has 8 nitrogen and oxygen atoms in total. The second kappa shape index (κ2) is 21.4. The first-order valence-corrected chi connectivity index (χ1v) is 13.1. The zero-order valence-corrected chi connectivity index (χ0v) is 21.7. The van der Waals surface area contributed by atoms with E-state index in [1.807, 2.05) is 0 Å². The van der Waals surface area contributed by atoms with Gasteiger partial charge in [-0.05, 0) is 40.5 Å². The van der Waals surface area contributed by atoms with Gasteiger partial charge in [0, 0.05) is 0 Å². The maximum Gasteiger partial charge on any atom is 0.320 e. The highest BCUT2D eigenvalue weighted by Gasteiger charge is 2.29. The minimum absolute atomic E-state index is 0.256. The molecule has 0 aromatic heterocycles. The molecule has 0 amide bonds. The van der Waals surface area contributed by atoms with E-state index >= 15 is 0 Å². The molecule has 0 atom stereocenters. The third kappa shape index (κ3) is 14.9. The number of hydrogen-bond donors (Lipinski definition) is 0. The monoisotopic (exact) mass is 486 g/mol. The summed E-state index contributed by atoms with van der Waals surface area (Å²) in [6.07, 6.45) is 11.1. The average Bonchev–Trinajstić information content (AvgIpc) is 2.79. The van der Waals surface area contributed by atoms with E-state index in [0.717, 1.165) is 64.2 Å². The summed E-state index contributed by atoms with van der Waals surface area (Å²) in [4.78, 5) is 47.9. The average molecular weight is 487 g/mol. The van der Waals surface area contributed by atoms with Gasteiger partial charge < -0.3 is 18.9 Å². The molecule has 0 N–H and O–H groups in total. The van der Waals surface area contributed by atoms with Crippen LogP contribution in [0.3, 0.4) is 0 Å². The lowest BCUT2D eigenvalue weighted by molar-refractivity contribution is -0.163. The maximum atomic E-state index is 12.0. The van der Waals surface area contributed by atoms with Crippen molar-refractivity contribution in [2.75, 3.05) is 26.4 Å². The van der Waals surface area contributed by atoms with E-state index in [0.29, 0.717) is 12.8 Å². The van der Waals surface area contributed by atoms with Gasteiger partial charge in [-0.15, -0.1) is 0 Å². The summed E-state index contributed by atoms with van der Waals surface area (Å²) >= 11 is 0. The summed E-state index contributed by atoms with van der Waals surface area (Å²) in [5.74, 6) is -3.58. The maximum absolute atomic E-state index is 12.0. The molecule has 0 radical (unpaired) electrons. The largest absolute Gasteiger partial charge is 0.465 e. The van der Waals surface area contributed by atoms with Crippen LogP contribution in [0.25, 0.3) is 0 Å². The van der Waals surface area contributed by atoms with E-state index in [9.17, 15) is 19.2 Å². The van der Waals surface area contributed by atoms with Gasteiger partial charge in [0.1, 0.15) is 0 Å². The number of carbonyl (C=O) groups is 4. The summed E-state index contributed by atoms with van der Waals surface area (Å²) in [6.45, 7) is 7.93. The van der Waals surface area contributed by atoms with Crippen LogP contribution < -0.4 is 0 Å². The lowest BCUT2D eigenvalue weighted by Gasteiger charge is -2.14. The molecular formula is C26H46O8. The Hall–Kier alpha value is -2.12. The fourth-order valence-corrected chi connectivity index (χ4v) is 3.75. The van der Waals surface area contributed by atoms with E-state index in [1.165, 1.54) is 0 Å². The Morgan fingerprint density at radius 2 is 0.618 bits per heavy atom. The smallest absolute Gasteiger partial charge is 0.320 e. The van der Waals surface area contributed by atoms with Gasteiger partial charge in [-0.1, -0.05) is 64.2 Å². The molecule has 0 fully saturated rings. The number of carbonyl (C=O) groups excluding carboxylic acids is 4. The third-order valence-corrected chi connectivity index (χ3v) is 5.52. The molecular weight excluding hydrogens is 440 g/mol. The molecule has 0 spiro atoms. The lowest BCUT2D eigenvalue weighted by atomic mass is 9.99. The molecule has 0 heterocycles. The summed E-state index contributed by atoms with van der Waals surface area (Å²) in [5.41, 5.74) is 0. The number of rotatable bonds is 21. The first-order chi connectivity index (χ1) is 16.4. The predicted molar refractivity (Wildman–Crippen MR) is 129 cm³/mol. The Balaban J connectivity index is 3.91. The van der Waals surface area contributed by atoms with E-state index in [-0.39, 0.29) is 26.4 Å². The van der Waals surface area contributed by atoms with Crippen molar-refractivity contribution in [2.24, 2.45) is 11.8 Å². The van der Waals surface area contributed by atoms with Gasteiger partial charge in [0.15, 0.2) is 11.8 Å². The van der Waals surface area contributed by atoms with Crippen LogP contribution in [0.4, 0.5) is 0 Å². The Morgan fingerprint density at radius 1 is 0.412 bits per heavy atom. The molecule has 8 heteroatoms. The zero-order valence-electron chi connectivity index (χ0n) is 21.7. The van der Waals surface area contributed by atoms with Crippen LogP contribution in [0.15, 0.2) is 0 Å². The molecule has 0 aliphatic carbocycles. The van der Waals surface area contributed by atoms with Crippen molar-refractivity contribution >= 4 is 23.9 Å². The fraction of sp³-hybridized carbons (Fsp3) is 0.846. The Labute approximate surface area is 205 Å². The van der Waals surface area contributed by atoms with Gasteiger partial charge in [-0.2, -0.15) is 0 Å². The second-order valence-electron chi connectivity index (χ2n) is 8.23. The standard InChI is InChI=1S/C26H46O8/c1-5-31-23(27)21(24(28)32-6-2)19-17-15-13-11-9-10-12-14-16-18-20-22(25(29)33-7-3)26(30)34-8-4/h21-22H,5-20H2,1-4H3. The summed E-state index contributed by atoms with van der Waals surface area (Å²) in [6, 6.07) is 0. The summed E-state index contributed by atoms with van der Waals surface area (Å²) in [7, 11) is 0. The van der Waals surface area contributed by atoms with Crippen LogP contribution in [0.1, 0.15) is 105 Å². The van der Waals surface area contributed by atoms with Crippen molar-refractivity contribution in [3.63, 3.8) is 0 Å². The minimum atomic E-state index is -0.813. The molecule has 0 saturated heterocycles. The van der Waals surface area contributed by atoms with Gasteiger partial charge in [0.25, 0.3) is 0 Å². The number of hydrogen-bond acceptors (Lipinski definition) is 8. The zero-order chi connectivity index (χ0) is 25.6. The van der Waals surface area contributed by atoms with Crippen molar-refractivity contribution in [3.8, 4) is 0 Å². The molecule has 0 rings (SSSR count). The lowest BCUT2D eigenvalue weighted by Crippen LogP contribution is -2.28. The molecule has 0 bridgehead atoms. The van der Waals surface area contributed by atoms with Crippen LogP contribution >= 0.6 is 0 Å². The third-order valence-electron chi connectivity index (χ3n) is 5.52. The number of esters is 4. The highest BCUT2D eigenvalue weighted by atomic mass is 16.6. The molecule has 34 heavy (non-hydrogen) atoms. The van der Waals surface area contributed by atoms with Crippen molar-refractivity contribution in [1.82, 2.24) is 0 Å². The number of unbranched alkanes of at least 4 members (excludes halogenated alkanes) is 9. The van der Waals surface area contributed by atoms with Crippen LogP contribution in [0.5, 0.6) is 0 Å². The Morgan fingerprint density at radius 3 is 0.824 bits per heavy atom. The van der Waals surface area contributed by atoms with Gasteiger partial charge in [-0.3, -0.25) is 19.2 Å². The predicted octanol–water partition coefficient (Wildman–Crippen LogP) is 5.15. The van der Waals surface area contributed by atoms with Gasteiger partial charge in [-0.25, -0.2) is 0 Å². The summed E-state index contributed by atoms with van der Waals surface area (Å²) in [5, 5.41) is 0. The van der Waals surface area contributed by atoms with E-state index in [1.54, 1.807) is 27.7 Å². The SMILES string of the molecule is CCOC(=O)C(CCCCCCCCCCCCC(C(=O)OCC)C(=O)OCC)C(=O)OCC. The normalized spacial score (nSPS) is 10.9. The molecule has 198 valence electrons. The van der Waals surface area contributed by atoms with Crippen LogP contribution in [0.2, 0.25) is 0 Å². The fourth-order valence-electron chi connectivity index (χ4n) is 3.75. The molecule has 0 aromatic carbocycles. The van der Waals surface area contributed by atoms with Crippen molar-refractivity contribution in [2.45, 2.75) is 105 Å². The van der Waals surface area contributed by atoms with Gasteiger partial charge in [0.05, 0.1) is 26.4 Å². The number of ether oxygens (including phenoxy) is 4. The van der Waals surface area contributed by atoms with Crippen LogP contribution in [-0.2, 0) is 38.1 Å². The molecule has 0 aromatic rings. The summed E-state index contributed by atoms with van der Waals surface area (Å²) < 4.78 is 20.0. The Kier molecular flexibility index (Phi) is 20.1. The minimum Gasteiger partial charge on any atom is -0.465 e. The second-order valence-corrected chi connectivity index (χ2v) is 8.23. The first-order valence-electron chi connectivity index (χ1n) is 13.1. The van der Waals surface area contributed by atoms with Gasteiger partial charge >= 0.3 is 23.9 Å². The quantitative estimate of drug-likeness (QED) is 0.0949. The van der Waals surface area contributed by atoms with Crippen LogP contribution in [-0.4, -0.2) is 50.3 Å². The topological polar surface area (TPSA) is 105 Å². The van der Waals surface area contributed by atoms with Gasteiger partial charge in [0.2, 0.25) is 0 Å². The Bertz CT molecular complexity index is 489. The highest BCUT2D eigenvalue weighted by Crippen LogP contribution is 2.18. The first kappa shape index (κ1) is 31.9. The molecule has 0 saturated carbocycles. The highest BCUT2D eigenvalue weighted by molar-refractivity contribution is 5.95. The van der Waals surface area contributed by atoms with E-state index in [2.05, 4.69) is 0 Å². The van der Waals surface area contributed by atoms with Crippen molar-refractivity contribution in [1.29, 1.82) is 0 Å². The molecule has 0 aliphatic heterocycles. The molecule has 0 unspecified atom stereocenters. The van der Waals surface area contributed by atoms with E-state index < -0.39 is 35.7 Å².